The van der Waals surface area contributed by atoms with Crippen LogP contribution in [0.5, 0.6) is 0 Å². The van der Waals surface area contributed by atoms with E-state index < -0.39 is 0 Å². The molecule has 1 N–H and O–H groups in total. The van der Waals surface area contributed by atoms with E-state index in [1.54, 1.807) is 23.6 Å². The quantitative estimate of drug-likeness (QED) is 0.856. The number of thiazole rings is 1. The van der Waals surface area contributed by atoms with Gasteiger partial charge in [0.05, 0.1) is 6.04 Å². The highest BCUT2D eigenvalue weighted by atomic mass is 35.5. The Morgan fingerprint density at radius 3 is 2.88 bits per heavy atom. The van der Waals surface area contributed by atoms with E-state index >= 15 is 0 Å². The summed E-state index contributed by atoms with van der Waals surface area (Å²) in [6.45, 7) is 4.07. The van der Waals surface area contributed by atoms with Gasteiger partial charge in [-0.1, -0.05) is 0 Å². The van der Waals surface area contributed by atoms with Gasteiger partial charge in [-0.2, -0.15) is 0 Å². The van der Waals surface area contributed by atoms with Gasteiger partial charge in [0.15, 0.2) is 0 Å². The van der Waals surface area contributed by atoms with Crippen LogP contribution in [-0.2, 0) is 0 Å². The second-order valence-corrected chi connectivity index (χ2v) is 4.99. The first-order valence-corrected chi connectivity index (χ1v) is 6.02. The van der Waals surface area contributed by atoms with Crippen LogP contribution in [0.2, 0.25) is 5.28 Å². The van der Waals surface area contributed by atoms with Gasteiger partial charge in [0.1, 0.15) is 10.8 Å². The molecule has 1 atom stereocenters. The molecule has 2 heterocycles. The minimum atomic E-state index is 0.115. The van der Waals surface area contributed by atoms with Crippen LogP contribution in [0, 0.1) is 6.92 Å². The summed E-state index contributed by atoms with van der Waals surface area (Å²) >= 11 is 7.37. The molecule has 4 nitrogen and oxygen atoms in total. The minimum absolute atomic E-state index is 0.115. The van der Waals surface area contributed by atoms with Crippen molar-refractivity contribution in [1.29, 1.82) is 0 Å². The van der Waals surface area contributed by atoms with Gasteiger partial charge in [0.2, 0.25) is 5.28 Å². The number of anilines is 1. The van der Waals surface area contributed by atoms with Crippen molar-refractivity contribution in [1.82, 2.24) is 15.0 Å². The van der Waals surface area contributed by atoms with Gasteiger partial charge in [-0.05, 0) is 31.5 Å². The van der Waals surface area contributed by atoms with Crippen LogP contribution in [-0.4, -0.2) is 15.0 Å². The van der Waals surface area contributed by atoms with Gasteiger partial charge in [0.25, 0.3) is 0 Å². The highest BCUT2D eigenvalue weighted by Crippen LogP contribution is 2.22. The molecular formula is C10H11ClN4S. The first-order chi connectivity index (χ1) is 7.65. The number of hydrogen-bond donors (Lipinski definition) is 1. The van der Waals surface area contributed by atoms with Crippen molar-refractivity contribution in [2.75, 3.05) is 5.32 Å². The van der Waals surface area contributed by atoms with Gasteiger partial charge < -0.3 is 5.32 Å². The zero-order chi connectivity index (χ0) is 11.5. The van der Waals surface area contributed by atoms with Crippen LogP contribution in [0.1, 0.15) is 22.9 Å². The van der Waals surface area contributed by atoms with Crippen LogP contribution in [0.3, 0.4) is 0 Å². The summed E-state index contributed by atoms with van der Waals surface area (Å²) in [7, 11) is 0. The molecule has 2 rings (SSSR count). The highest BCUT2D eigenvalue weighted by Gasteiger charge is 2.09. The predicted octanol–water partition coefficient (Wildman–Crippen LogP) is 3.07. The minimum Gasteiger partial charge on any atom is -0.361 e. The maximum Gasteiger partial charge on any atom is 0.224 e. The normalized spacial score (nSPS) is 12.4. The lowest BCUT2D eigenvalue weighted by molar-refractivity contribution is 0.858. The summed E-state index contributed by atoms with van der Waals surface area (Å²) in [6, 6.07) is 1.90. The first-order valence-electron chi connectivity index (χ1n) is 4.82. The Morgan fingerprint density at radius 2 is 2.25 bits per heavy atom. The molecule has 16 heavy (non-hydrogen) atoms. The molecule has 0 aliphatic carbocycles. The number of aromatic nitrogens is 3. The average Bonchev–Trinajstić information content (AvgIpc) is 2.65. The third kappa shape index (κ3) is 2.68. The molecule has 0 bridgehead atoms. The van der Waals surface area contributed by atoms with E-state index in [2.05, 4.69) is 20.3 Å². The molecule has 0 fully saturated rings. The van der Waals surface area contributed by atoms with E-state index in [-0.39, 0.29) is 11.3 Å². The van der Waals surface area contributed by atoms with Crippen molar-refractivity contribution in [2.45, 2.75) is 19.9 Å². The number of rotatable bonds is 3. The fraction of sp³-hybridized carbons (Fsp3) is 0.300. The van der Waals surface area contributed by atoms with Crippen molar-refractivity contribution in [3.05, 3.63) is 33.6 Å². The monoisotopic (exact) mass is 254 g/mol. The average molecular weight is 255 g/mol. The topological polar surface area (TPSA) is 50.7 Å². The highest BCUT2D eigenvalue weighted by molar-refractivity contribution is 7.11. The van der Waals surface area contributed by atoms with Gasteiger partial charge in [-0.3, -0.25) is 0 Å². The lowest BCUT2D eigenvalue weighted by atomic mass is 10.3. The number of halogens is 1. The molecule has 0 saturated carbocycles. The van der Waals surface area contributed by atoms with E-state index in [1.165, 1.54) is 4.88 Å². The van der Waals surface area contributed by atoms with Crippen LogP contribution >= 0.6 is 22.9 Å². The zero-order valence-corrected chi connectivity index (χ0v) is 10.5. The molecule has 0 aromatic carbocycles. The maximum atomic E-state index is 5.70. The lowest BCUT2D eigenvalue weighted by Crippen LogP contribution is -2.07. The Kier molecular flexibility index (Phi) is 3.36. The smallest absolute Gasteiger partial charge is 0.224 e. The van der Waals surface area contributed by atoms with Gasteiger partial charge in [-0.15, -0.1) is 11.3 Å². The van der Waals surface area contributed by atoms with E-state index in [4.69, 9.17) is 11.6 Å². The summed E-state index contributed by atoms with van der Waals surface area (Å²) in [5.74, 6) is 0.709. The SMILES string of the molecule is Cc1cnc(C(C)Nc2ccnc(Cl)n2)s1. The molecule has 0 aliphatic heterocycles. The first kappa shape index (κ1) is 11.3. The van der Waals surface area contributed by atoms with Crippen molar-refractivity contribution in [3.63, 3.8) is 0 Å². The molecule has 84 valence electrons. The van der Waals surface area contributed by atoms with E-state index in [1.807, 2.05) is 20.0 Å². The van der Waals surface area contributed by atoms with Gasteiger partial charge in [0, 0.05) is 17.3 Å². The summed E-state index contributed by atoms with van der Waals surface area (Å²) in [4.78, 5) is 13.4. The number of hydrogen-bond acceptors (Lipinski definition) is 5. The van der Waals surface area contributed by atoms with Crippen LogP contribution < -0.4 is 5.32 Å². The second kappa shape index (κ2) is 4.76. The number of nitrogens with one attached hydrogen (secondary N) is 1. The molecule has 2 aromatic rings. The standard InChI is InChI=1S/C10H11ClN4S/c1-6-5-13-9(16-6)7(2)14-8-3-4-12-10(11)15-8/h3-5,7H,1-2H3,(H,12,14,15). The Hall–Kier alpha value is -1.20. The van der Waals surface area contributed by atoms with Crippen molar-refractivity contribution in [3.8, 4) is 0 Å². The van der Waals surface area contributed by atoms with Crippen LogP contribution in [0.4, 0.5) is 5.82 Å². The molecule has 2 aromatic heterocycles. The van der Waals surface area contributed by atoms with Crippen LogP contribution in [0.15, 0.2) is 18.5 Å². The lowest BCUT2D eigenvalue weighted by Gasteiger charge is -2.11. The largest absolute Gasteiger partial charge is 0.361 e. The van der Waals surface area contributed by atoms with E-state index in [0.717, 1.165) is 5.01 Å². The Morgan fingerprint density at radius 1 is 1.44 bits per heavy atom. The molecule has 0 spiro atoms. The summed E-state index contributed by atoms with van der Waals surface area (Å²) < 4.78 is 0. The van der Waals surface area contributed by atoms with Crippen molar-refractivity contribution < 1.29 is 0 Å². The second-order valence-electron chi connectivity index (χ2n) is 3.39. The summed E-state index contributed by atoms with van der Waals surface area (Å²) in [5, 5.41) is 4.50. The molecule has 0 aliphatic rings. The Balaban J connectivity index is 2.10. The number of nitrogens with zero attached hydrogens (tertiary/aromatic N) is 3. The van der Waals surface area contributed by atoms with Gasteiger partial charge in [-0.25, -0.2) is 15.0 Å². The van der Waals surface area contributed by atoms with Crippen molar-refractivity contribution >= 4 is 28.8 Å². The molecule has 1 unspecified atom stereocenters. The van der Waals surface area contributed by atoms with Crippen molar-refractivity contribution in [2.24, 2.45) is 0 Å². The fourth-order valence-corrected chi connectivity index (χ4v) is 2.20. The third-order valence-corrected chi connectivity index (χ3v) is 3.28. The molecule has 0 amide bonds. The van der Waals surface area contributed by atoms with E-state index in [0.29, 0.717) is 5.82 Å². The summed E-state index contributed by atoms with van der Waals surface area (Å²) in [5.41, 5.74) is 0. The van der Waals surface area contributed by atoms with E-state index in [9.17, 15) is 0 Å². The molecule has 0 radical (unpaired) electrons. The molecule has 0 saturated heterocycles. The van der Waals surface area contributed by atoms with Gasteiger partial charge >= 0.3 is 0 Å². The summed E-state index contributed by atoms with van der Waals surface area (Å²) in [6.07, 6.45) is 3.49. The molecular weight excluding hydrogens is 244 g/mol. The third-order valence-electron chi connectivity index (χ3n) is 2.00. The number of aryl methyl sites for hydroxylation is 1. The Bertz CT molecular complexity index is 485. The molecule has 6 heteroatoms. The zero-order valence-electron chi connectivity index (χ0n) is 8.94. The maximum absolute atomic E-state index is 5.70. The Labute approximate surface area is 103 Å². The van der Waals surface area contributed by atoms with Crippen LogP contribution in [0.25, 0.3) is 0 Å². The predicted molar refractivity (Wildman–Crippen MR) is 65.9 cm³/mol. The fourth-order valence-electron chi connectivity index (χ4n) is 1.27.